The number of halogens is 1. The molecule has 1 aromatic carbocycles. The van der Waals surface area contributed by atoms with Crippen LogP contribution in [0, 0.1) is 16.7 Å². The van der Waals surface area contributed by atoms with Crippen molar-refractivity contribution in [3.63, 3.8) is 0 Å². The van der Waals surface area contributed by atoms with Crippen LogP contribution in [-0.2, 0) is 5.88 Å². The zero-order chi connectivity index (χ0) is 13.2. The summed E-state index contributed by atoms with van der Waals surface area (Å²) >= 11 is 5.81. The van der Waals surface area contributed by atoms with Crippen LogP contribution in [0.4, 0.5) is 5.69 Å². The summed E-state index contributed by atoms with van der Waals surface area (Å²) in [4.78, 5) is 2.32. The van der Waals surface area contributed by atoms with Gasteiger partial charge < -0.3 is 4.90 Å². The summed E-state index contributed by atoms with van der Waals surface area (Å²) in [6.07, 6.45) is 2.35. The summed E-state index contributed by atoms with van der Waals surface area (Å²) in [5, 5.41) is 9.25. The fourth-order valence-electron chi connectivity index (χ4n) is 2.38. The molecule has 0 radical (unpaired) electrons. The predicted molar refractivity (Wildman–Crippen MR) is 75.9 cm³/mol. The molecule has 1 aliphatic rings. The summed E-state index contributed by atoms with van der Waals surface area (Å²) in [7, 11) is 0. The summed E-state index contributed by atoms with van der Waals surface area (Å²) in [5.74, 6) is 0.460. The van der Waals surface area contributed by atoms with Gasteiger partial charge in [-0.25, -0.2) is 0 Å². The van der Waals surface area contributed by atoms with Gasteiger partial charge in [0.1, 0.15) is 6.07 Å². The largest absolute Gasteiger partial charge is 0.370 e. The van der Waals surface area contributed by atoms with Gasteiger partial charge in [0.15, 0.2) is 0 Å². The molecule has 0 unspecified atom stereocenters. The first-order chi connectivity index (χ1) is 8.55. The second kappa shape index (κ2) is 5.20. The maximum absolute atomic E-state index is 9.25. The Hall–Kier alpha value is -1.20. The van der Waals surface area contributed by atoms with Crippen molar-refractivity contribution >= 4 is 17.3 Å². The molecule has 1 fully saturated rings. The lowest BCUT2D eigenvalue weighted by Gasteiger charge is -2.38. The zero-order valence-corrected chi connectivity index (χ0v) is 11.8. The third-order valence-corrected chi connectivity index (χ3v) is 4.10. The van der Waals surface area contributed by atoms with E-state index in [0.29, 0.717) is 11.3 Å². The van der Waals surface area contributed by atoms with E-state index >= 15 is 0 Å². The van der Waals surface area contributed by atoms with Crippen LogP contribution in [0.5, 0.6) is 0 Å². The molecule has 18 heavy (non-hydrogen) atoms. The van der Waals surface area contributed by atoms with E-state index < -0.39 is 0 Å². The molecule has 0 amide bonds. The average molecular weight is 263 g/mol. The van der Waals surface area contributed by atoms with Gasteiger partial charge in [-0.2, -0.15) is 5.26 Å². The topological polar surface area (TPSA) is 27.0 Å². The lowest BCUT2D eigenvalue weighted by Crippen LogP contribution is -2.37. The van der Waals surface area contributed by atoms with E-state index in [0.717, 1.165) is 29.9 Å². The number of anilines is 1. The quantitative estimate of drug-likeness (QED) is 0.756. The summed E-state index contributed by atoms with van der Waals surface area (Å²) in [5.41, 5.74) is 3.24. The molecule has 0 aliphatic carbocycles. The molecule has 0 spiro atoms. The van der Waals surface area contributed by atoms with Crippen molar-refractivity contribution in [2.75, 3.05) is 18.0 Å². The summed E-state index contributed by atoms with van der Waals surface area (Å²) in [6.45, 7) is 6.68. The van der Waals surface area contributed by atoms with Gasteiger partial charge in [-0.05, 0) is 36.0 Å². The number of nitrogens with zero attached hydrogens (tertiary/aromatic N) is 2. The van der Waals surface area contributed by atoms with E-state index in [9.17, 15) is 5.26 Å². The van der Waals surface area contributed by atoms with Crippen LogP contribution in [0.25, 0.3) is 0 Å². The number of piperidine rings is 1. The highest BCUT2D eigenvalue weighted by Crippen LogP contribution is 2.33. The van der Waals surface area contributed by atoms with Crippen LogP contribution < -0.4 is 4.90 Å². The molecule has 2 nitrogen and oxygen atoms in total. The molecule has 0 N–H and O–H groups in total. The molecule has 1 aliphatic heterocycles. The Morgan fingerprint density at radius 1 is 1.33 bits per heavy atom. The van der Waals surface area contributed by atoms with Crippen molar-refractivity contribution < 1.29 is 0 Å². The fraction of sp³-hybridized carbons (Fsp3) is 0.533. The van der Waals surface area contributed by atoms with Crippen molar-refractivity contribution in [3.05, 3.63) is 29.3 Å². The standard InChI is InChI=1S/C15H19ClN2/c1-15(2)5-7-18(8-6-15)14-4-3-12(10-16)9-13(14)11-17/h3-4,9H,5-8,10H2,1-2H3. The van der Waals surface area contributed by atoms with Crippen LogP contribution in [0.1, 0.15) is 37.8 Å². The molecular weight excluding hydrogens is 244 g/mol. The molecule has 96 valence electrons. The lowest BCUT2D eigenvalue weighted by atomic mass is 9.82. The molecule has 1 heterocycles. The van der Waals surface area contributed by atoms with Crippen LogP contribution in [-0.4, -0.2) is 13.1 Å². The molecule has 1 saturated heterocycles. The minimum Gasteiger partial charge on any atom is -0.370 e. The lowest BCUT2D eigenvalue weighted by molar-refractivity contribution is 0.280. The SMILES string of the molecule is CC1(C)CCN(c2ccc(CCl)cc2C#N)CC1. The molecule has 2 rings (SSSR count). The number of alkyl halides is 1. The van der Waals surface area contributed by atoms with Crippen LogP contribution >= 0.6 is 11.6 Å². The van der Waals surface area contributed by atoms with Gasteiger partial charge >= 0.3 is 0 Å². The monoisotopic (exact) mass is 262 g/mol. The second-order valence-electron chi connectivity index (χ2n) is 5.75. The third-order valence-electron chi connectivity index (χ3n) is 3.79. The first-order valence-electron chi connectivity index (χ1n) is 6.40. The highest BCUT2D eigenvalue weighted by molar-refractivity contribution is 6.17. The smallest absolute Gasteiger partial charge is 0.101 e. The minimum atomic E-state index is 0.430. The van der Waals surface area contributed by atoms with Gasteiger partial charge in [-0.3, -0.25) is 0 Å². The second-order valence-corrected chi connectivity index (χ2v) is 6.02. The Kier molecular flexibility index (Phi) is 3.82. The van der Waals surface area contributed by atoms with Crippen LogP contribution in [0.15, 0.2) is 18.2 Å². The van der Waals surface area contributed by atoms with Crippen LogP contribution in [0.2, 0.25) is 0 Å². The van der Waals surface area contributed by atoms with Gasteiger partial charge in [0.25, 0.3) is 0 Å². The first kappa shape index (κ1) is 13.2. The predicted octanol–water partition coefficient (Wildman–Crippen LogP) is 3.92. The van der Waals surface area contributed by atoms with Crippen molar-refractivity contribution in [3.8, 4) is 6.07 Å². The van der Waals surface area contributed by atoms with E-state index in [-0.39, 0.29) is 0 Å². The van der Waals surface area contributed by atoms with Gasteiger partial charge in [-0.1, -0.05) is 19.9 Å². The van der Waals surface area contributed by atoms with Gasteiger partial charge in [0, 0.05) is 19.0 Å². The number of hydrogen-bond acceptors (Lipinski definition) is 2. The van der Waals surface area contributed by atoms with Crippen molar-refractivity contribution in [2.24, 2.45) is 5.41 Å². The van der Waals surface area contributed by atoms with Gasteiger partial charge in [0.2, 0.25) is 0 Å². The summed E-state index contributed by atoms with van der Waals surface area (Å²) < 4.78 is 0. The maximum atomic E-state index is 9.25. The Morgan fingerprint density at radius 3 is 2.56 bits per heavy atom. The normalized spacial score (nSPS) is 18.4. The molecule has 1 aromatic rings. The number of benzene rings is 1. The Balaban J connectivity index is 2.22. The van der Waals surface area contributed by atoms with Crippen LogP contribution in [0.3, 0.4) is 0 Å². The van der Waals surface area contributed by atoms with E-state index in [2.05, 4.69) is 24.8 Å². The van der Waals surface area contributed by atoms with Gasteiger partial charge in [-0.15, -0.1) is 11.6 Å². The number of nitriles is 1. The van der Waals surface area contributed by atoms with Crippen molar-refractivity contribution in [1.29, 1.82) is 5.26 Å². The third kappa shape index (κ3) is 2.79. The van der Waals surface area contributed by atoms with Crippen molar-refractivity contribution in [1.82, 2.24) is 0 Å². The Morgan fingerprint density at radius 2 is 2.00 bits per heavy atom. The van der Waals surface area contributed by atoms with E-state index in [1.54, 1.807) is 0 Å². The maximum Gasteiger partial charge on any atom is 0.101 e. The molecule has 0 bridgehead atoms. The minimum absolute atomic E-state index is 0.430. The van der Waals surface area contributed by atoms with E-state index in [1.807, 2.05) is 18.2 Å². The number of hydrogen-bond donors (Lipinski definition) is 0. The molecule has 3 heteroatoms. The fourth-order valence-corrected chi connectivity index (χ4v) is 2.55. The van der Waals surface area contributed by atoms with E-state index in [1.165, 1.54) is 12.8 Å². The Labute approximate surface area is 114 Å². The van der Waals surface area contributed by atoms with Gasteiger partial charge in [0.05, 0.1) is 11.3 Å². The highest BCUT2D eigenvalue weighted by atomic mass is 35.5. The summed E-state index contributed by atoms with van der Waals surface area (Å²) in [6, 6.07) is 8.25. The van der Waals surface area contributed by atoms with E-state index in [4.69, 9.17) is 11.6 Å². The average Bonchev–Trinajstić information content (AvgIpc) is 2.38. The molecule has 0 aromatic heterocycles. The molecule has 0 atom stereocenters. The highest BCUT2D eigenvalue weighted by Gasteiger charge is 2.26. The first-order valence-corrected chi connectivity index (χ1v) is 6.93. The molecular formula is C15H19ClN2. The Bertz CT molecular complexity index is 464. The number of rotatable bonds is 2. The zero-order valence-electron chi connectivity index (χ0n) is 11.0. The van der Waals surface area contributed by atoms with Crippen molar-refractivity contribution in [2.45, 2.75) is 32.6 Å². The molecule has 0 saturated carbocycles.